The number of rotatable bonds is 10. The molecule has 0 spiro atoms. The number of benzene rings is 1. The van der Waals surface area contributed by atoms with Crippen molar-refractivity contribution in [2.45, 2.75) is 64.3 Å². The van der Waals surface area contributed by atoms with E-state index in [0.717, 1.165) is 49.5 Å². The number of carbonyl (C=O) groups is 2. The Morgan fingerprint density at radius 2 is 1.97 bits per heavy atom. The van der Waals surface area contributed by atoms with Crippen LogP contribution in [0.2, 0.25) is 0 Å². The Bertz CT molecular complexity index is 1310. The summed E-state index contributed by atoms with van der Waals surface area (Å²) in [6, 6.07) is 12.6. The summed E-state index contributed by atoms with van der Waals surface area (Å²) in [5.41, 5.74) is 3.98. The van der Waals surface area contributed by atoms with E-state index in [9.17, 15) is 9.59 Å². The van der Waals surface area contributed by atoms with Crippen LogP contribution >= 0.6 is 0 Å². The minimum atomic E-state index is -0.261. The van der Waals surface area contributed by atoms with Crippen LogP contribution in [-0.4, -0.2) is 51.4 Å². The van der Waals surface area contributed by atoms with Gasteiger partial charge < -0.3 is 14.6 Å². The third kappa shape index (κ3) is 5.03. The zero-order valence-electron chi connectivity index (χ0n) is 22.6. The number of carbonyl (C=O) groups excluding carboxylic acids is 2. The predicted octanol–water partition coefficient (Wildman–Crippen LogP) is 3.76. The number of nitrogens with zero attached hydrogens (tertiary/aromatic N) is 5. The molecule has 1 fully saturated rings. The lowest BCUT2D eigenvalue weighted by atomic mass is 9.96. The van der Waals surface area contributed by atoms with Gasteiger partial charge in [0.2, 0.25) is 12.3 Å². The Morgan fingerprint density at radius 3 is 2.63 bits per heavy atom. The van der Waals surface area contributed by atoms with Crippen LogP contribution in [0.3, 0.4) is 0 Å². The van der Waals surface area contributed by atoms with Crippen LogP contribution in [-0.2, 0) is 35.3 Å². The van der Waals surface area contributed by atoms with Gasteiger partial charge in [-0.15, -0.1) is 0 Å². The summed E-state index contributed by atoms with van der Waals surface area (Å²) < 4.78 is 7.86. The van der Waals surface area contributed by atoms with Crippen molar-refractivity contribution < 1.29 is 14.3 Å². The molecular weight excluding hydrogens is 480 g/mol. The van der Waals surface area contributed by atoms with E-state index in [1.807, 2.05) is 17.7 Å². The van der Waals surface area contributed by atoms with E-state index < -0.39 is 0 Å². The summed E-state index contributed by atoms with van der Waals surface area (Å²) in [7, 11) is 3.44. The average molecular weight is 517 g/mol. The van der Waals surface area contributed by atoms with Crippen molar-refractivity contribution in [3.8, 4) is 17.3 Å². The number of ether oxygens (including phenoxy) is 1. The molecule has 3 heterocycles. The minimum absolute atomic E-state index is 0.121. The van der Waals surface area contributed by atoms with Crippen molar-refractivity contribution in [2.75, 3.05) is 18.5 Å². The van der Waals surface area contributed by atoms with Gasteiger partial charge >= 0.3 is 0 Å². The Kier molecular flexibility index (Phi) is 7.21. The van der Waals surface area contributed by atoms with Crippen molar-refractivity contribution in [1.82, 2.24) is 24.8 Å². The van der Waals surface area contributed by atoms with Gasteiger partial charge in [-0.2, -0.15) is 0 Å². The topological polar surface area (TPSA) is 92.6 Å². The molecule has 0 saturated heterocycles. The van der Waals surface area contributed by atoms with Gasteiger partial charge in [0.15, 0.2) is 5.82 Å². The predicted molar refractivity (Wildman–Crippen MR) is 146 cm³/mol. The lowest BCUT2D eigenvalue weighted by molar-refractivity contribution is -0.120. The van der Waals surface area contributed by atoms with Gasteiger partial charge in [0, 0.05) is 40.2 Å². The molecule has 38 heavy (non-hydrogen) atoms. The lowest BCUT2D eigenvalue weighted by Gasteiger charge is -2.32. The monoisotopic (exact) mass is 516 g/mol. The summed E-state index contributed by atoms with van der Waals surface area (Å²) in [5, 5.41) is 2.58. The fourth-order valence-electron chi connectivity index (χ4n) is 5.12. The molecule has 200 valence electrons. The molecule has 1 saturated carbocycles. The Balaban J connectivity index is 1.31. The van der Waals surface area contributed by atoms with E-state index in [-0.39, 0.29) is 24.4 Å². The number of pyridine rings is 1. The van der Waals surface area contributed by atoms with Crippen molar-refractivity contribution in [3.05, 3.63) is 59.4 Å². The van der Waals surface area contributed by atoms with Gasteiger partial charge in [-0.05, 0) is 62.4 Å². The van der Waals surface area contributed by atoms with Gasteiger partial charge in [-0.3, -0.25) is 19.4 Å². The number of anilines is 1. The molecule has 9 heteroatoms. The number of hydrogen-bond acceptors (Lipinski definition) is 6. The van der Waals surface area contributed by atoms with Crippen LogP contribution in [0.15, 0.2) is 42.6 Å². The highest BCUT2D eigenvalue weighted by Crippen LogP contribution is 2.40. The van der Waals surface area contributed by atoms with Gasteiger partial charge in [0.25, 0.3) is 0 Å². The molecule has 0 atom stereocenters. The molecule has 1 aromatic carbocycles. The zero-order chi connectivity index (χ0) is 26.9. The molecule has 3 aromatic rings. The molecule has 5 rings (SSSR count). The fourth-order valence-corrected chi connectivity index (χ4v) is 5.12. The number of amides is 2. The molecule has 2 aromatic heterocycles. The molecule has 0 radical (unpaired) electrons. The lowest BCUT2D eigenvalue weighted by Crippen LogP contribution is -2.35. The maximum Gasteiger partial charge on any atom is 0.221 e. The summed E-state index contributed by atoms with van der Waals surface area (Å²) >= 11 is 0. The fraction of sp³-hybridized carbons (Fsp3) is 0.448. The van der Waals surface area contributed by atoms with Gasteiger partial charge in [-0.25, -0.2) is 9.97 Å². The first-order valence-electron chi connectivity index (χ1n) is 13.3. The minimum Gasteiger partial charge on any atom is -0.490 e. The highest BCUT2D eigenvalue weighted by Gasteiger charge is 2.39. The first kappa shape index (κ1) is 25.9. The number of aromatic nitrogens is 3. The van der Waals surface area contributed by atoms with E-state index in [4.69, 9.17) is 9.72 Å². The Labute approximate surface area is 223 Å². The maximum absolute atomic E-state index is 11.7. The van der Waals surface area contributed by atoms with Gasteiger partial charge in [0.05, 0.1) is 23.5 Å². The van der Waals surface area contributed by atoms with Gasteiger partial charge in [-0.1, -0.05) is 18.2 Å². The van der Waals surface area contributed by atoms with Crippen molar-refractivity contribution in [3.63, 3.8) is 0 Å². The molecule has 1 aliphatic carbocycles. The van der Waals surface area contributed by atoms with Gasteiger partial charge in [0.1, 0.15) is 17.3 Å². The van der Waals surface area contributed by atoms with Crippen LogP contribution in [0.4, 0.5) is 5.82 Å². The first-order chi connectivity index (χ1) is 18.3. The van der Waals surface area contributed by atoms with Crippen molar-refractivity contribution in [1.29, 1.82) is 0 Å². The van der Waals surface area contributed by atoms with E-state index >= 15 is 0 Å². The molecule has 9 nitrogen and oxygen atoms in total. The van der Waals surface area contributed by atoms with E-state index in [1.54, 1.807) is 13.2 Å². The summed E-state index contributed by atoms with van der Waals surface area (Å²) in [4.78, 5) is 37.0. The number of imidazole rings is 1. The summed E-state index contributed by atoms with van der Waals surface area (Å²) in [6.07, 6.45) is 6.55. The molecule has 1 aliphatic heterocycles. The highest BCUT2D eigenvalue weighted by atomic mass is 16.5. The Hall–Kier alpha value is -3.72. The van der Waals surface area contributed by atoms with Crippen LogP contribution in [0.5, 0.6) is 5.75 Å². The van der Waals surface area contributed by atoms with Crippen LogP contribution in [0, 0.1) is 0 Å². The maximum atomic E-state index is 11.7. The van der Waals surface area contributed by atoms with E-state index in [1.165, 1.54) is 22.4 Å². The molecular formula is C29H36N6O3. The normalized spacial score (nSPS) is 16.5. The first-order valence-corrected chi connectivity index (χ1v) is 13.3. The average Bonchev–Trinajstić information content (AvgIpc) is 3.39. The number of fused-ring (bicyclic) bond motifs is 1. The molecule has 0 unspecified atom stereocenters. The third-order valence-corrected chi connectivity index (χ3v) is 7.83. The second kappa shape index (κ2) is 10.6. The largest absolute Gasteiger partial charge is 0.490 e. The summed E-state index contributed by atoms with van der Waals surface area (Å²) in [6.45, 7) is 6.32. The second-order valence-corrected chi connectivity index (χ2v) is 10.7. The zero-order valence-corrected chi connectivity index (χ0v) is 22.6. The van der Waals surface area contributed by atoms with E-state index in [2.05, 4.69) is 59.4 Å². The van der Waals surface area contributed by atoms with Crippen LogP contribution in [0.1, 0.15) is 56.4 Å². The van der Waals surface area contributed by atoms with Crippen molar-refractivity contribution in [2.24, 2.45) is 7.05 Å². The second-order valence-electron chi connectivity index (χ2n) is 10.7. The van der Waals surface area contributed by atoms with Crippen molar-refractivity contribution >= 4 is 18.1 Å². The molecule has 2 amide bonds. The number of nitrogens with one attached hydrogen (secondary N) is 1. The molecule has 1 N–H and O–H groups in total. The van der Waals surface area contributed by atoms with E-state index in [0.29, 0.717) is 17.7 Å². The highest BCUT2D eigenvalue weighted by molar-refractivity contribution is 5.79. The number of hydrogen-bond donors (Lipinski definition) is 1. The molecule has 2 aliphatic rings. The summed E-state index contributed by atoms with van der Waals surface area (Å²) in [5.74, 6) is 2.12. The van der Waals surface area contributed by atoms with Crippen LogP contribution in [0.25, 0.3) is 11.5 Å². The third-order valence-electron chi connectivity index (χ3n) is 7.83. The van der Waals surface area contributed by atoms with Crippen LogP contribution < -0.4 is 15.0 Å². The smallest absolute Gasteiger partial charge is 0.221 e. The quantitative estimate of drug-likeness (QED) is 0.413. The standard InChI is InChI=1S/C29H36N6O3/c1-29(2)27-21(18-35(29)17-20-8-11-23(12-9-20)38-22-6-5-7-22)10-13-24(32-27)28-31-16-26(33(28)4)34(19-36)15-14-25(37)30-3/h8-13,16,19,22H,5-7,14-15,17-18H2,1-4H3,(H,30,37). The molecule has 0 bridgehead atoms. The Morgan fingerprint density at radius 1 is 1.21 bits per heavy atom. The SMILES string of the molecule is CNC(=O)CCN(C=O)c1cnc(-c2ccc3c(n2)C(C)(C)N(Cc2ccc(OC4CCC4)cc2)C3)n1C.